The quantitative estimate of drug-likeness (QED) is 0.129. The van der Waals surface area contributed by atoms with Gasteiger partial charge in [-0.1, -0.05) is 273 Å². The molecule has 4 heterocycles. The standard InChI is InChI=1S/C48H31NO2.C42H27NO2/c1-3-11-32(12-4-1)34-19-21-35(22-20-34)37-25-29-39(30-26-37)49(38-27-23-36(24-28-38)33-13-5-2-6-14-33)42-31-45-46(40-15-7-9-17-43(40)50-45)47-41-16-8-10-18-44(41)51-48(42)47;1-3-13-28(14-4-1)29-23-25-31(26-24-29)43(35-20-10-7-17-32(35)30-15-5-2-6-16-30)36-27-39-40(33-18-8-11-21-37(33)44-39)41-34-19-9-12-22-38(34)45-42(36)41/h1-31H;1-27H. The molecule has 19 aromatic rings. The van der Waals surface area contributed by atoms with E-state index in [4.69, 9.17) is 17.7 Å². The number of hydrogen-bond acceptors (Lipinski definition) is 6. The third-order valence-electron chi connectivity index (χ3n) is 18.6. The van der Waals surface area contributed by atoms with Gasteiger partial charge in [-0.2, -0.15) is 0 Å². The maximum absolute atomic E-state index is 6.79. The number of benzene rings is 15. The Morgan fingerprint density at radius 3 is 0.833 bits per heavy atom. The minimum absolute atomic E-state index is 0.822. The fourth-order valence-corrected chi connectivity index (χ4v) is 14.0. The Hall–Kier alpha value is -12.9. The highest BCUT2D eigenvalue weighted by Gasteiger charge is 2.28. The molecule has 6 nitrogen and oxygen atoms in total. The average Bonchev–Trinajstić information content (AvgIpc) is 1.55. The lowest BCUT2D eigenvalue weighted by molar-refractivity contribution is 0.663. The Kier molecular flexibility index (Phi) is 13.8. The monoisotopic (exact) mass is 1230 g/mol. The number of hydrogen-bond donors (Lipinski definition) is 0. The van der Waals surface area contributed by atoms with E-state index in [0.717, 1.165) is 150 Å². The molecule has 0 unspecified atom stereocenters. The molecule has 0 aliphatic heterocycles. The number of para-hydroxylation sites is 5. The molecule has 96 heavy (non-hydrogen) atoms. The van der Waals surface area contributed by atoms with Crippen molar-refractivity contribution >= 4 is 122 Å². The molecule has 0 N–H and O–H groups in total. The van der Waals surface area contributed by atoms with Crippen molar-refractivity contribution in [2.24, 2.45) is 0 Å². The average molecular weight is 1230 g/mol. The van der Waals surface area contributed by atoms with Gasteiger partial charge in [0.05, 0.1) is 17.1 Å². The van der Waals surface area contributed by atoms with Crippen LogP contribution in [0.2, 0.25) is 0 Å². The van der Waals surface area contributed by atoms with Crippen LogP contribution in [0.25, 0.3) is 143 Å². The third-order valence-corrected chi connectivity index (χ3v) is 18.6. The fourth-order valence-electron chi connectivity index (χ4n) is 14.0. The summed E-state index contributed by atoms with van der Waals surface area (Å²) in [7, 11) is 0. The van der Waals surface area contributed by atoms with Gasteiger partial charge in [0.15, 0.2) is 11.2 Å². The zero-order chi connectivity index (χ0) is 63.5. The summed E-state index contributed by atoms with van der Waals surface area (Å²) in [6.07, 6.45) is 0. The Morgan fingerprint density at radius 1 is 0.177 bits per heavy atom. The second-order valence-electron chi connectivity index (χ2n) is 24.2. The van der Waals surface area contributed by atoms with Crippen LogP contribution in [0.1, 0.15) is 0 Å². The lowest BCUT2D eigenvalue weighted by Gasteiger charge is -2.28. The van der Waals surface area contributed by atoms with Gasteiger partial charge in [0.1, 0.15) is 33.5 Å². The van der Waals surface area contributed by atoms with Crippen molar-refractivity contribution in [3.05, 3.63) is 352 Å². The maximum Gasteiger partial charge on any atom is 0.160 e. The minimum Gasteiger partial charge on any atom is -0.456 e. The molecule has 0 aliphatic carbocycles. The summed E-state index contributed by atoms with van der Waals surface area (Å²) >= 11 is 0. The van der Waals surface area contributed by atoms with Gasteiger partial charge in [0.25, 0.3) is 0 Å². The molecular formula is C90H58N2O4. The van der Waals surface area contributed by atoms with Gasteiger partial charge in [0.2, 0.25) is 0 Å². The van der Waals surface area contributed by atoms with E-state index < -0.39 is 0 Å². The van der Waals surface area contributed by atoms with Crippen LogP contribution < -0.4 is 9.80 Å². The van der Waals surface area contributed by atoms with E-state index in [1.54, 1.807) is 0 Å². The van der Waals surface area contributed by atoms with E-state index in [0.29, 0.717) is 0 Å². The van der Waals surface area contributed by atoms with E-state index >= 15 is 0 Å². The highest BCUT2D eigenvalue weighted by molar-refractivity contribution is 6.30. The van der Waals surface area contributed by atoms with Crippen molar-refractivity contribution in [1.82, 2.24) is 0 Å². The van der Waals surface area contributed by atoms with Crippen LogP contribution in [0.5, 0.6) is 0 Å². The first-order valence-electron chi connectivity index (χ1n) is 32.4. The van der Waals surface area contributed by atoms with Gasteiger partial charge in [-0.15, -0.1) is 0 Å². The first-order chi connectivity index (χ1) is 47.6. The van der Waals surface area contributed by atoms with E-state index in [2.05, 4.69) is 295 Å². The molecule has 0 spiro atoms. The summed E-state index contributed by atoms with van der Waals surface area (Å²) in [6, 6.07) is 123. The molecule has 0 bridgehead atoms. The summed E-state index contributed by atoms with van der Waals surface area (Å²) in [4.78, 5) is 4.60. The van der Waals surface area contributed by atoms with Crippen LogP contribution in [0.4, 0.5) is 34.1 Å². The molecule has 0 saturated carbocycles. The topological polar surface area (TPSA) is 59.0 Å². The molecule has 0 saturated heterocycles. The zero-order valence-corrected chi connectivity index (χ0v) is 52.0. The Balaban J connectivity index is 0.000000141. The van der Waals surface area contributed by atoms with Crippen molar-refractivity contribution in [3.8, 4) is 55.6 Å². The fraction of sp³-hybridized carbons (Fsp3) is 0. The molecular weight excluding hydrogens is 1170 g/mol. The number of fused-ring (bicyclic) bond motifs is 14. The summed E-state index contributed by atoms with van der Waals surface area (Å²) in [5, 5.41) is 8.57. The van der Waals surface area contributed by atoms with Gasteiger partial charge in [-0.3, -0.25) is 0 Å². The highest BCUT2D eigenvalue weighted by Crippen LogP contribution is 2.52. The van der Waals surface area contributed by atoms with Crippen molar-refractivity contribution in [1.29, 1.82) is 0 Å². The number of nitrogens with zero attached hydrogens (tertiary/aromatic N) is 2. The van der Waals surface area contributed by atoms with Crippen molar-refractivity contribution in [3.63, 3.8) is 0 Å². The van der Waals surface area contributed by atoms with Crippen molar-refractivity contribution < 1.29 is 17.7 Å². The number of rotatable bonds is 11. The van der Waals surface area contributed by atoms with Crippen LogP contribution in [-0.4, -0.2) is 0 Å². The lowest BCUT2D eigenvalue weighted by atomic mass is 9.99. The van der Waals surface area contributed by atoms with Crippen LogP contribution in [0.3, 0.4) is 0 Å². The van der Waals surface area contributed by atoms with Crippen LogP contribution in [-0.2, 0) is 0 Å². The Labute approximate surface area is 553 Å². The van der Waals surface area contributed by atoms with Crippen LogP contribution in [0.15, 0.2) is 370 Å². The molecule has 6 heteroatoms. The van der Waals surface area contributed by atoms with E-state index in [9.17, 15) is 0 Å². The zero-order valence-electron chi connectivity index (χ0n) is 52.0. The molecule has 0 radical (unpaired) electrons. The maximum atomic E-state index is 6.79. The predicted molar refractivity (Wildman–Crippen MR) is 399 cm³/mol. The van der Waals surface area contributed by atoms with E-state index in [1.165, 1.54) is 27.8 Å². The summed E-state index contributed by atoms with van der Waals surface area (Å²) < 4.78 is 26.7. The first-order valence-corrected chi connectivity index (χ1v) is 32.4. The van der Waals surface area contributed by atoms with Gasteiger partial charge >= 0.3 is 0 Å². The number of furan rings is 4. The molecule has 0 atom stereocenters. The second-order valence-corrected chi connectivity index (χ2v) is 24.2. The highest BCUT2D eigenvalue weighted by atomic mass is 16.3. The summed E-state index contributed by atoms with van der Waals surface area (Å²) in [5.41, 5.74) is 24.4. The lowest BCUT2D eigenvalue weighted by Crippen LogP contribution is -2.11. The predicted octanol–water partition coefficient (Wildman–Crippen LogP) is 26.2. The largest absolute Gasteiger partial charge is 0.456 e. The molecule has 19 rings (SSSR count). The normalized spacial score (nSPS) is 11.5. The van der Waals surface area contributed by atoms with E-state index in [1.807, 2.05) is 66.7 Å². The Bertz CT molecular complexity index is 6030. The summed E-state index contributed by atoms with van der Waals surface area (Å²) in [5.74, 6) is 0. The molecule has 15 aromatic carbocycles. The minimum atomic E-state index is 0.822. The van der Waals surface area contributed by atoms with E-state index in [-0.39, 0.29) is 0 Å². The van der Waals surface area contributed by atoms with Crippen molar-refractivity contribution in [2.75, 3.05) is 9.80 Å². The van der Waals surface area contributed by atoms with Gasteiger partial charge in [-0.05, 0) is 117 Å². The molecule has 0 fully saturated rings. The Morgan fingerprint density at radius 2 is 0.448 bits per heavy atom. The number of anilines is 6. The molecule has 0 aliphatic rings. The molecule has 0 amide bonds. The SMILES string of the molecule is c1ccc(-c2ccc(-c3ccc(N(c4ccc(-c5ccccc5)cc4)c4cc5oc6ccccc6c5c5c4oc4ccccc45)cc3)cc2)cc1.c1ccc(-c2ccc(N(c3ccccc3-c3ccccc3)c3cc4oc5ccccc5c4c4c3oc3ccccc34)cc2)cc1. The van der Waals surface area contributed by atoms with Gasteiger partial charge in [-0.25, -0.2) is 0 Å². The molecule has 4 aromatic heterocycles. The first kappa shape index (κ1) is 55.9. The smallest absolute Gasteiger partial charge is 0.160 e. The van der Waals surface area contributed by atoms with Crippen LogP contribution >= 0.6 is 0 Å². The third kappa shape index (κ3) is 9.83. The molecule has 452 valence electrons. The van der Waals surface area contributed by atoms with Gasteiger partial charge < -0.3 is 27.5 Å². The van der Waals surface area contributed by atoms with Crippen molar-refractivity contribution in [2.45, 2.75) is 0 Å². The van der Waals surface area contributed by atoms with Crippen LogP contribution in [0, 0.1) is 0 Å². The second kappa shape index (κ2) is 23.7. The van der Waals surface area contributed by atoms with Gasteiger partial charge in [0, 0.05) is 77.8 Å². The summed E-state index contributed by atoms with van der Waals surface area (Å²) in [6.45, 7) is 0.